The van der Waals surface area contributed by atoms with Crippen molar-refractivity contribution in [2.24, 2.45) is 0 Å². The van der Waals surface area contributed by atoms with Crippen molar-refractivity contribution in [1.29, 1.82) is 0 Å². The number of carbonyl (C=O) groups is 1. The van der Waals surface area contributed by atoms with Crippen LogP contribution in [-0.2, 0) is 0 Å². The molecule has 0 aliphatic heterocycles. The minimum absolute atomic E-state index is 0.187. The fraction of sp³-hybridized carbons (Fsp3) is 0.273. The van der Waals surface area contributed by atoms with Gasteiger partial charge in [-0.2, -0.15) is 0 Å². The van der Waals surface area contributed by atoms with Crippen LogP contribution in [0.1, 0.15) is 29.8 Å². The summed E-state index contributed by atoms with van der Waals surface area (Å²) in [5.41, 5.74) is 1.77. The first-order chi connectivity index (χ1) is 14.0. The Bertz CT molecular complexity index is 1060. The van der Waals surface area contributed by atoms with Gasteiger partial charge >= 0.3 is 4.94 Å². The van der Waals surface area contributed by atoms with E-state index in [9.17, 15) is 9.59 Å². The van der Waals surface area contributed by atoms with Gasteiger partial charge < -0.3 is 14.1 Å². The lowest BCUT2D eigenvalue weighted by Gasteiger charge is -2.18. The molecule has 152 valence electrons. The van der Waals surface area contributed by atoms with Crippen LogP contribution in [0.25, 0.3) is 16.4 Å². The summed E-state index contributed by atoms with van der Waals surface area (Å²) in [6, 6.07) is 11.0. The molecule has 7 heteroatoms. The average Bonchev–Trinajstić information content (AvgIpc) is 3.09. The van der Waals surface area contributed by atoms with E-state index >= 15 is 0 Å². The van der Waals surface area contributed by atoms with Crippen LogP contribution < -0.4 is 9.68 Å². The van der Waals surface area contributed by atoms with Gasteiger partial charge in [-0.25, -0.2) is 4.79 Å². The van der Waals surface area contributed by atoms with Crippen LogP contribution in [0, 0.1) is 0 Å². The van der Waals surface area contributed by atoms with Crippen molar-refractivity contribution >= 4 is 49.4 Å². The normalized spacial score (nSPS) is 11.6. The minimum Gasteiger partial charge on any atom is -0.491 e. The molecule has 0 atom stereocenters. The number of hydrogen-bond donors (Lipinski definition) is 0. The zero-order chi connectivity index (χ0) is 20.8. The third-order valence-corrected chi connectivity index (χ3v) is 5.87. The van der Waals surface area contributed by atoms with Crippen LogP contribution in [0.2, 0.25) is 0 Å². The number of benzene rings is 2. The Labute approximate surface area is 181 Å². The molecule has 0 amide bonds. The van der Waals surface area contributed by atoms with Crippen LogP contribution in [0.3, 0.4) is 0 Å². The molecular formula is C22H22BrNO4S. The largest absolute Gasteiger partial charge is 0.491 e. The molecule has 0 fully saturated rings. The number of halogens is 1. The van der Waals surface area contributed by atoms with E-state index in [0.29, 0.717) is 28.2 Å². The monoisotopic (exact) mass is 475 g/mol. The second-order valence-electron chi connectivity index (χ2n) is 6.37. The van der Waals surface area contributed by atoms with Crippen LogP contribution in [0.4, 0.5) is 0 Å². The molecule has 0 N–H and O–H groups in total. The highest BCUT2D eigenvalue weighted by atomic mass is 79.9. The van der Waals surface area contributed by atoms with E-state index in [2.05, 4.69) is 34.7 Å². The lowest BCUT2D eigenvalue weighted by Crippen LogP contribution is -2.28. The highest BCUT2D eigenvalue weighted by molar-refractivity contribution is 9.10. The zero-order valence-corrected chi connectivity index (χ0v) is 18.7. The molecule has 0 saturated heterocycles. The van der Waals surface area contributed by atoms with Crippen molar-refractivity contribution in [3.63, 3.8) is 0 Å². The fourth-order valence-corrected chi connectivity index (χ4v) is 3.83. The van der Waals surface area contributed by atoms with Gasteiger partial charge in [0.25, 0.3) is 0 Å². The number of rotatable bonds is 9. The molecule has 0 aliphatic rings. The second-order valence-corrected chi connectivity index (χ2v) is 8.27. The van der Waals surface area contributed by atoms with Gasteiger partial charge in [0.2, 0.25) is 0 Å². The summed E-state index contributed by atoms with van der Waals surface area (Å²) in [4.78, 5) is 26.3. The molecule has 2 aromatic carbocycles. The number of fused-ring (bicyclic) bond motifs is 1. The molecule has 0 unspecified atom stereocenters. The average molecular weight is 476 g/mol. The smallest absolute Gasteiger partial charge is 0.396 e. The maximum absolute atomic E-state index is 12.9. The van der Waals surface area contributed by atoms with E-state index < -0.39 is 4.94 Å². The van der Waals surface area contributed by atoms with E-state index in [1.54, 1.807) is 18.2 Å². The Balaban J connectivity index is 1.86. The quantitative estimate of drug-likeness (QED) is 0.313. The Morgan fingerprint density at radius 2 is 1.93 bits per heavy atom. The van der Waals surface area contributed by atoms with Crippen molar-refractivity contribution in [2.45, 2.75) is 13.8 Å². The Morgan fingerprint density at radius 1 is 1.21 bits per heavy atom. The Hall–Kier alpha value is -2.22. The first-order valence-electron chi connectivity index (χ1n) is 9.41. The molecule has 5 nitrogen and oxygen atoms in total. The van der Waals surface area contributed by atoms with Gasteiger partial charge in [-0.15, -0.1) is 0 Å². The summed E-state index contributed by atoms with van der Waals surface area (Å²) in [6.07, 6.45) is 3.28. The molecule has 29 heavy (non-hydrogen) atoms. The van der Waals surface area contributed by atoms with Gasteiger partial charge in [0.05, 0.1) is 10.3 Å². The highest BCUT2D eigenvalue weighted by Crippen LogP contribution is 2.29. The summed E-state index contributed by atoms with van der Waals surface area (Å²) >= 11 is 4.37. The van der Waals surface area contributed by atoms with Crippen LogP contribution in [-0.4, -0.2) is 36.9 Å². The summed E-state index contributed by atoms with van der Waals surface area (Å²) in [5, 5.41) is 0. The topological polar surface area (TPSA) is 59.8 Å². The van der Waals surface area contributed by atoms with E-state index in [1.807, 2.05) is 24.3 Å². The molecule has 0 radical (unpaired) electrons. The van der Waals surface area contributed by atoms with Crippen LogP contribution in [0.5, 0.6) is 5.75 Å². The highest BCUT2D eigenvalue weighted by Gasteiger charge is 2.15. The van der Waals surface area contributed by atoms with E-state index in [-0.39, 0.29) is 5.78 Å². The van der Waals surface area contributed by atoms with Crippen molar-refractivity contribution in [2.75, 3.05) is 26.2 Å². The number of hydrogen-bond acceptors (Lipinski definition) is 6. The van der Waals surface area contributed by atoms with E-state index in [0.717, 1.165) is 41.0 Å². The lowest BCUT2D eigenvalue weighted by atomic mass is 10.1. The maximum atomic E-state index is 12.9. The van der Waals surface area contributed by atoms with Crippen molar-refractivity contribution in [3.05, 3.63) is 67.8 Å². The number of nitrogens with zero attached hydrogens (tertiary/aromatic N) is 1. The third kappa shape index (κ3) is 5.65. The van der Waals surface area contributed by atoms with Gasteiger partial charge in [0.1, 0.15) is 12.4 Å². The number of carbonyl (C=O) groups excluding carboxylic acids is 1. The van der Waals surface area contributed by atoms with Crippen LogP contribution >= 0.6 is 27.3 Å². The molecule has 1 aromatic heterocycles. The summed E-state index contributed by atoms with van der Waals surface area (Å²) < 4.78 is 12.7. The number of allylic oxidation sites excluding steroid dienone is 1. The van der Waals surface area contributed by atoms with Gasteiger partial charge in [-0.1, -0.05) is 59.3 Å². The molecule has 0 aliphatic carbocycles. The molecule has 1 heterocycles. The van der Waals surface area contributed by atoms with Gasteiger partial charge in [0, 0.05) is 17.1 Å². The van der Waals surface area contributed by atoms with Crippen molar-refractivity contribution < 1.29 is 13.9 Å². The van der Waals surface area contributed by atoms with Gasteiger partial charge in [-0.3, -0.25) is 4.79 Å². The molecule has 0 saturated carbocycles. The number of ether oxygens (including phenoxy) is 1. The number of ketones is 1. The molecular weight excluding hydrogens is 454 g/mol. The first kappa shape index (κ1) is 21.5. The second kappa shape index (κ2) is 10.0. The van der Waals surface area contributed by atoms with Crippen molar-refractivity contribution in [1.82, 2.24) is 4.90 Å². The van der Waals surface area contributed by atoms with E-state index in [1.165, 1.54) is 6.08 Å². The predicted octanol–water partition coefficient (Wildman–Crippen LogP) is 5.23. The SMILES string of the molecule is CCN(CC)CCOc1cc2oc(=O)sc2cc1C(=O)/C=C/c1ccc(Br)cc1. The lowest BCUT2D eigenvalue weighted by molar-refractivity contribution is 0.104. The minimum atomic E-state index is -0.399. The predicted molar refractivity (Wildman–Crippen MR) is 121 cm³/mol. The van der Waals surface area contributed by atoms with E-state index in [4.69, 9.17) is 9.15 Å². The van der Waals surface area contributed by atoms with Crippen molar-refractivity contribution in [3.8, 4) is 5.75 Å². The van der Waals surface area contributed by atoms with Gasteiger partial charge in [-0.05, 0) is 42.9 Å². The molecule has 3 aromatic rings. The molecule has 0 spiro atoms. The molecule has 0 bridgehead atoms. The van der Waals surface area contributed by atoms with Gasteiger partial charge in [0.15, 0.2) is 11.4 Å². The van der Waals surface area contributed by atoms with Crippen LogP contribution in [0.15, 0.2) is 56.2 Å². The summed E-state index contributed by atoms with van der Waals surface area (Å²) in [5.74, 6) is 0.241. The third-order valence-electron chi connectivity index (χ3n) is 4.55. The Morgan fingerprint density at radius 3 is 2.62 bits per heavy atom. The first-order valence-corrected chi connectivity index (χ1v) is 11.0. The fourth-order valence-electron chi connectivity index (χ4n) is 2.87. The summed E-state index contributed by atoms with van der Waals surface area (Å²) in [7, 11) is 0. The summed E-state index contributed by atoms with van der Waals surface area (Å²) in [6.45, 7) is 7.24. The number of likely N-dealkylation sites (N-methyl/N-ethyl adjacent to an activating group) is 1. The molecule has 3 rings (SSSR count). The Kier molecular flexibility index (Phi) is 7.41. The zero-order valence-electron chi connectivity index (χ0n) is 16.3. The maximum Gasteiger partial charge on any atom is 0.396 e. The standard InChI is InChI=1S/C22H22BrNO4S/c1-3-24(4-2)11-12-27-19-14-20-21(29-22(26)28-20)13-17(19)18(25)10-7-15-5-8-16(23)9-6-15/h5-10,13-14H,3-4,11-12H2,1-2H3/b10-7+.